The van der Waals surface area contributed by atoms with Gasteiger partial charge in [-0.05, 0) is 37.7 Å². The van der Waals surface area contributed by atoms with E-state index >= 15 is 0 Å². The summed E-state index contributed by atoms with van der Waals surface area (Å²) in [5.41, 5.74) is 2.49. The van der Waals surface area contributed by atoms with Gasteiger partial charge in [0.15, 0.2) is 0 Å². The Kier molecular flexibility index (Phi) is 12.7. The van der Waals surface area contributed by atoms with Crippen LogP contribution in [0.25, 0.3) is 0 Å². The summed E-state index contributed by atoms with van der Waals surface area (Å²) >= 11 is 0. The molecule has 3 heterocycles. The number of aryl methyl sites for hydroxylation is 1. The van der Waals surface area contributed by atoms with Crippen LogP contribution in [0, 0.1) is 12.8 Å². The van der Waals surface area contributed by atoms with Crippen molar-refractivity contribution in [1.82, 2.24) is 40.5 Å². The van der Waals surface area contributed by atoms with Crippen LogP contribution in [0.4, 0.5) is 0 Å². The number of carbonyl (C=O) groups is 4. The number of carboxylic acids is 1. The molecule has 2 aliphatic rings. The van der Waals surface area contributed by atoms with Gasteiger partial charge in [0.25, 0.3) is 11.9 Å². The highest BCUT2D eigenvalue weighted by Gasteiger charge is 2.31. The van der Waals surface area contributed by atoms with E-state index in [0.29, 0.717) is 55.6 Å². The summed E-state index contributed by atoms with van der Waals surface area (Å²) in [5, 5.41) is 25.6. The van der Waals surface area contributed by atoms with E-state index in [9.17, 15) is 14.4 Å². The highest BCUT2D eigenvalue weighted by Crippen LogP contribution is 2.33. The van der Waals surface area contributed by atoms with E-state index in [4.69, 9.17) is 14.9 Å². The average Bonchev–Trinajstić information content (AvgIpc) is 3.67. The van der Waals surface area contributed by atoms with Gasteiger partial charge in [-0.2, -0.15) is 10.2 Å². The smallest absolute Gasteiger partial charge is 0.300 e. The number of fused-ring (bicyclic) bond motifs is 1. The van der Waals surface area contributed by atoms with E-state index in [1.807, 2.05) is 55.8 Å². The number of benzene rings is 1. The van der Waals surface area contributed by atoms with Crippen LogP contribution in [-0.2, 0) is 27.3 Å². The van der Waals surface area contributed by atoms with Crippen molar-refractivity contribution in [3.63, 3.8) is 0 Å². The number of amides is 3. The summed E-state index contributed by atoms with van der Waals surface area (Å²) in [6.45, 7) is 8.16. The van der Waals surface area contributed by atoms with Gasteiger partial charge in [-0.1, -0.05) is 63.4 Å². The molecule has 3 amide bonds. The molecule has 13 nitrogen and oxygen atoms in total. The third-order valence-corrected chi connectivity index (χ3v) is 8.60. The molecule has 1 aliphatic heterocycles. The van der Waals surface area contributed by atoms with E-state index in [0.717, 1.165) is 43.9 Å². The predicted octanol–water partition coefficient (Wildman–Crippen LogP) is 3.93. The number of nitrogens with zero attached hydrogens (tertiary/aromatic N) is 5. The van der Waals surface area contributed by atoms with Gasteiger partial charge in [0.2, 0.25) is 11.8 Å². The number of aliphatic carboxylic acids is 1. The molecule has 1 fully saturated rings. The minimum absolute atomic E-state index is 0.00833. The second-order valence-electron chi connectivity index (χ2n) is 12.7. The van der Waals surface area contributed by atoms with Crippen molar-refractivity contribution in [3.8, 4) is 0 Å². The molecule has 3 aromatic rings. The van der Waals surface area contributed by atoms with E-state index < -0.39 is 18.1 Å². The van der Waals surface area contributed by atoms with Crippen molar-refractivity contribution in [3.05, 3.63) is 65.0 Å². The SMILES string of the molecule is CC(=O)O.Cc1nc2n(n1)CCN(C(=O)c1cn[nH]c1C1CCCCC1)CCCC(=O)N[C@@H](Cc1ccccc1)C(=O)NC2C(C)C. The van der Waals surface area contributed by atoms with Crippen LogP contribution < -0.4 is 10.6 Å². The molecule has 254 valence electrons. The normalized spacial score (nSPS) is 19.9. The van der Waals surface area contributed by atoms with Crippen molar-refractivity contribution in [1.29, 1.82) is 0 Å². The third-order valence-electron chi connectivity index (χ3n) is 8.60. The van der Waals surface area contributed by atoms with Gasteiger partial charge in [-0.25, -0.2) is 9.67 Å². The number of aromatic nitrogens is 5. The van der Waals surface area contributed by atoms with Crippen molar-refractivity contribution in [2.24, 2.45) is 5.92 Å². The van der Waals surface area contributed by atoms with Crippen molar-refractivity contribution < 1.29 is 24.3 Å². The molecule has 47 heavy (non-hydrogen) atoms. The molecular weight excluding hydrogens is 600 g/mol. The first kappa shape index (κ1) is 35.3. The highest BCUT2D eigenvalue weighted by atomic mass is 16.4. The zero-order chi connectivity index (χ0) is 33.9. The Morgan fingerprint density at radius 2 is 1.70 bits per heavy atom. The zero-order valence-corrected chi connectivity index (χ0v) is 27.9. The Morgan fingerprint density at radius 3 is 2.38 bits per heavy atom. The van der Waals surface area contributed by atoms with Gasteiger partial charge in [-0.3, -0.25) is 24.3 Å². The summed E-state index contributed by atoms with van der Waals surface area (Å²) in [7, 11) is 0. The second kappa shape index (κ2) is 16.8. The van der Waals surface area contributed by atoms with E-state index in [-0.39, 0.29) is 30.1 Å². The molecule has 2 atom stereocenters. The predicted molar refractivity (Wildman–Crippen MR) is 175 cm³/mol. The lowest BCUT2D eigenvalue weighted by Gasteiger charge is -2.28. The van der Waals surface area contributed by atoms with E-state index in [1.165, 1.54) is 6.42 Å². The molecule has 1 aliphatic carbocycles. The molecule has 5 rings (SSSR count). The highest BCUT2D eigenvalue weighted by molar-refractivity contribution is 5.95. The van der Waals surface area contributed by atoms with Crippen LogP contribution in [0.1, 0.15) is 111 Å². The van der Waals surface area contributed by atoms with Crippen LogP contribution in [0.5, 0.6) is 0 Å². The van der Waals surface area contributed by atoms with Crippen LogP contribution in [0.15, 0.2) is 36.5 Å². The maximum absolute atomic E-state index is 14.0. The first-order valence-electron chi connectivity index (χ1n) is 16.6. The second-order valence-corrected chi connectivity index (χ2v) is 12.7. The maximum atomic E-state index is 14.0. The Hall–Kier alpha value is -4.55. The number of hydrogen-bond acceptors (Lipinski definition) is 7. The molecule has 0 spiro atoms. The number of carbonyl (C=O) groups excluding carboxylic acids is 3. The van der Waals surface area contributed by atoms with Gasteiger partial charge in [0.1, 0.15) is 17.7 Å². The lowest BCUT2D eigenvalue weighted by molar-refractivity contribution is -0.134. The van der Waals surface area contributed by atoms with E-state index in [2.05, 4.69) is 25.9 Å². The summed E-state index contributed by atoms with van der Waals surface area (Å²) < 4.78 is 1.81. The van der Waals surface area contributed by atoms with Gasteiger partial charge in [0.05, 0.1) is 30.0 Å². The topological polar surface area (TPSA) is 175 Å². The Labute approximate surface area is 275 Å². The Balaban J connectivity index is 0.00000118. The van der Waals surface area contributed by atoms with Crippen LogP contribution in [0.2, 0.25) is 0 Å². The number of hydrogen-bond donors (Lipinski definition) is 4. The number of rotatable bonds is 5. The van der Waals surface area contributed by atoms with Crippen LogP contribution >= 0.6 is 0 Å². The van der Waals surface area contributed by atoms with Gasteiger partial charge in [0, 0.05) is 38.8 Å². The monoisotopic (exact) mass is 648 g/mol. The minimum atomic E-state index is -0.833. The fourth-order valence-electron chi connectivity index (χ4n) is 6.28. The van der Waals surface area contributed by atoms with Crippen LogP contribution in [-0.4, -0.2) is 77.8 Å². The third kappa shape index (κ3) is 9.97. The first-order valence-corrected chi connectivity index (χ1v) is 16.6. The van der Waals surface area contributed by atoms with Crippen molar-refractivity contribution in [2.75, 3.05) is 13.1 Å². The molecule has 1 saturated carbocycles. The van der Waals surface area contributed by atoms with Crippen molar-refractivity contribution in [2.45, 2.75) is 104 Å². The fraction of sp³-hybridized carbons (Fsp3) is 0.559. The average molecular weight is 649 g/mol. The molecule has 2 aromatic heterocycles. The lowest BCUT2D eigenvalue weighted by Crippen LogP contribution is -2.50. The van der Waals surface area contributed by atoms with Gasteiger partial charge >= 0.3 is 0 Å². The quantitative estimate of drug-likeness (QED) is 0.322. The van der Waals surface area contributed by atoms with Crippen LogP contribution in [0.3, 0.4) is 0 Å². The van der Waals surface area contributed by atoms with Gasteiger partial charge < -0.3 is 20.6 Å². The minimum Gasteiger partial charge on any atom is -0.481 e. The Bertz CT molecular complexity index is 1490. The first-order chi connectivity index (χ1) is 22.5. The number of aromatic amines is 1. The molecule has 13 heteroatoms. The molecule has 1 aromatic carbocycles. The van der Waals surface area contributed by atoms with Crippen molar-refractivity contribution >= 4 is 23.7 Å². The summed E-state index contributed by atoms with van der Waals surface area (Å²) in [5.74, 6) is 0.160. The van der Waals surface area contributed by atoms with E-state index in [1.54, 1.807) is 11.1 Å². The molecule has 0 bridgehead atoms. The number of carboxylic acid groups (broad SMARTS) is 1. The Morgan fingerprint density at radius 1 is 1.00 bits per heavy atom. The zero-order valence-electron chi connectivity index (χ0n) is 27.9. The maximum Gasteiger partial charge on any atom is 0.300 e. The lowest BCUT2D eigenvalue weighted by atomic mass is 9.85. The fourth-order valence-corrected chi connectivity index (χ4v) is 6.28. The largest absolute Gasteiger partial charge is 0.481 e. The molecule has 0 saturated heterocycles. The summed E-state index contributed by atoms with van der Waals surface area (Å²) in [4.78, 5) is 56.3. The van der Waals surface area contributed by atoms with Gasteiger partial charge in [-0.15, -0.1) is 0 Å². The number of nitrogens with one attached hydrogen (secondary N) is 3. The molecular formula is C34H48N8O5. The summed E-state index contributed by atoms with van der Waals surface area (Å²) in [6.07, 6.45) is 8.32. The standard InChI is InChI=1S/C32H44N8O3.C2H4O2/c1-21(2)28-30-34-22(3)38-40(30)18-17-39(32(43)25-20-33-37-29(25)24-13-8-5-9-14-24)16-10-15-27(41)35-26(31(42)36-28)19-23-11-6-4-7-12-23;1-2(3)4/h4,6-7,11-12,20-21,24,26,28H,5,8-10,13-19H2,1-3H3,(H,33,37)(H,35,41)(H,36,42);1H3,(H,3,4)/t26-,28?;/m0./s1. The molecule has 1 unspecified atom stereocenters. The molecule has 4 N–H and O–H groups in total. The molecule has 0 radical (unpaired) electrons. The number of H-pyrrole nitrogens is 1. The summed E-state index contributed by atoms with van der Waals surface area (Å²) in [6, 6.07) is 8.49.